The largest absolute Gasteiger partial charge is 0.497 e. The zero-order valence-electron chi connectivity index (χ0n) is 7.65. The summed E-state index contributed by atoms with van der Waals surface area (Å²) in [6.45, 7) is 1.42. The summed E-state index contributed by atoms with van der Waals surface area (Å²) in [4.78, 5) is 14.2. The molecule has 1 aromatic rings. The number of hydrogen-bond donors (Lipinski definition) is 0. The number of carbonyl (C=O) groups excluding carboxylic acids is 1. The maximum absolute atomic E-state index is 10.5. The minimum absolute atomic E-state index is 0.198. The van der Waals surface area contributed by atoms with Crippen molar-refractivity contribution in [1.29, 1.82) is 0 Å². The monoisotopic (exact) mass is 177 g/mol. The smallest absolute Gasteiger partial charge is 0.242 e. The van der Waals surface area contributed by atoms with Gasteiger partial charge < -0.3 is 4.74 Å². The Labute approximate surface area is 77.1 Å². The Hall–Kier alpha value is -1.64. The quantitative estimate of drug-likeness (QED) is 0.644. The molecule has 0 spiro atoms. The van der Waals surface area contributed by atoms with E-state index in [9.17, 15) is 4.79 Å². The van der Waals surface area contributed by atoms with Crippen molar-refractivity contribution in [1.82, 2.24) is 0 Å². The van der Waals surface area contributed by atoms with Gasteiger partial charge >= 0.3 is 0 Å². The molecule has 0 atom stereocenters. The number of aliphatic imine (C=N–C) groups is 1. The van der Waals surface area contributed by atoms with Crippen LogP contribution in [0.3, 0.4) is 0 Å². The van der Waals surface area contributed by atoms with Crippen LogP contribution in [0.5, 0.6) is 5.75 Å². The maximum Gasteiger partial charge on any atom is 0.242 e. The normalized spacial score (nSPS) is 10.3. The molecule has 3 heteroatoms. The molecule has 1 amide bonds. The Balaban J connectivity index is 2.75. The van der Waals surface area contributed by atoms with Crippen LogP contribution in [0.1, 0.15) is 12.5 Å². The molecule has 0 saturated carbocycles. The minimum atomic E-state index is -0.198. The van der Waals surface area contributed by atoms with Crippen molar-refractivity contribution in [3.63, 3.8) is 0 Å². The Kier molecular flexibility index (Phi) is 3.20. The molecule has 0 fully saturated rings. The van der Waals surface area contributed by atoms with Gasteiger partial charge in [0.15, 0.2) is 0 Å². The Morgan fingerprint density at radius 1 is 1.38 bits per heavy atom. The van der Waals surface area contributed by atoms with Crippen molar-refractivity contribution in [2.24, 2.45) is 4.99 Å². The van der Waals surface area contributed by atoms with Crippen LogP contribution in [0.15, 0.2) is 29.3 Å². The molecule has 1 rings (SSSR count). The van der Waals surface area contributed by atoms with E-state index in [0.29, 0.717) is 0 Å². The summed E-state index contributed by atoms with van der Waals surface area (Å²) < 4.78 is 4.98. The molecule has 0 aliphatic carbocycles. The first-order chi connectivity index (χ1) is 6.22. The average Bonchev–Trinajstić information content (AvgIpc) is 2.15. The van der Waals surface area contributed by atoms with Gasteiger partial charge in [-0.1, -0.05) is 0 Å². The molecule has 13 heavy (non-hydrogen) atoms. The Bertz CT molecular complexity index is 314. The van der Waals surface area contributed by atoms with Crippen molar-refractivity contribution in [3.8, 4) is 5.75 Å². The lowest BCUT2D eigenvalue weighted by molar-refractivity contribution is -0.115. The Morgan fingerprint density at radius 3 is 2.46 bits per heavy atom. The molecular formula is C10H11NO2. The average molecular weight is 177 g/mol. The zero-order chi connectivity index (χ0) is 9.68. The minimum Gasteiger partial charge on any atom is -0.497 e. The molecular weight excluding hydrogens is 166 g/mol. The fraction of sp³-hybridized carbons (Fsp3) is 0.200. The summed E-state index contributed by atoms with van der Waals surface area (Å²) in [5, 5.41) is 0. The molecule has 0 aliphatic rings. The van der Waals surface area contributed by atoms with Crippen LogP contribution in [0.4, 0.5) is 0 Å². The number of benzene rings is 1. The van der Waals surface area contributed by atoms with E-state index in [1.54, 1.807) is 7.11 Å². The fourth-order valence-corrected chi connectivity index (χ4v) is 0.855. The van der Waals surface area contributed by atoms with Gasteiger partial charge in [-0.05, 0) is 29.8 Å². The topological polar surface area (TPSA) is 38.7 Å². The zero-order valence-corrected chi connectivity index (χ0v) is 7.65. The molecule has 1 aromatic carbocycles. The second-order valence-corrected chi connectivity index (χ2v) is 2.55. The predicted molar refractivity (Wildman–Crippen MR) is 51.3 cm³/mol. The highest BCUT2D eigenvalue weighted by molar-refractivity contribution is 5.90. The molecule has 0 aromatic heterocycles. The lowest BCUT2D eigenvalue weighted by atomic mass is 10.2. The number of methoxy groups -OCH3 is 1. The number of hydrogen-bond acceptors (Lipinski definition) is 2. The van der Waals surface area contributed by atoms with Gasteiger partial charge in [-0.15, -0.1) is 0 Å². The van der Waals surface area contributed by atoms with E-state index in [0.717, 1.165) is 11.3 Å². The van der Waals surface area contributed by atoms with Crippen molar-refractivity contribution >= 4 is 12.1 Å². The summed E-state index contributed by atoms with van der Waals surface area (Å²) in [6.07, 6.45) is 1.53. The summed E-state index contributed by atoms with van der Waals surface area (Å²) in [6, 6.07) is 7.32. The second kappa shape index (κ2) is 4.40. The van der Waals surface area contributed by atoms with Gasteiger partial charge in [-0.3, -0.25) is 4.79 Å². The molecule has 0 unspecified atom stereocenters. The van der Waals surface area contributed by atoms with Gasteiger partial charge in [-0.2, -0.15) is 0 Å². The molecule has 0 bridgehead atoms. The maximum atomic E-state index is 10.5. The first-order valence-electron chi connectivity index (χ1n) is 3.91. The summed E-state index contributed by atoms with van der Waals surface area (Å²) >= 11 is 0. The highest BCUT2D eigenvalue weighted by atomic mass is 16.5. The van der Waals surface area contributed by atoms with Crippen LogP contribution in [-0.4, -0.2) is 19.2 Å². The lowest BCUT2D eigenvalue weighted by Crippen LogP contribution is -1.87. The van der Waals surface area contributed by atoms with Gasteiger partial charge in [0, 0.05) is 13.1 Å². The number of carbonyl (C=O) groups is 1. The van der Waals surface area contributed by atoms with Crippen molar-refractivity contribution < 1.29 is 9.53 Å². The summed E-state index contributed by atoms with van der Waals surface area (Å²) in [5.41, 5.74) is 0.885. The Morgan fingerprint density at radius 2 is 2.00 bits per heavy atom. The van der Waals surface area contributed by atoms with Crippen LogP contribution < -0.4 is 4.74 Å². The predicted octanol–water partition coefficient (Wildman–Crippen LogP) is 1.66. The van der Waals surface area contributed by atoms with Gasteiger partial charge in [0.05, 0.1) is 7.11 Å². The van der Waals surface area contributed by atoms with E-state index >= 15 is 0 Å². The van der Waals surface area contributed by atoms with Crippen molar-refractivity contribution in [2.75, 3.05) is 7.11 Å². The van der Waals surface area contributed by atoms with E-state index < -0.39 is 0 Å². The third-order valence-corrected chi connectivity index (χ3v) is 1.51. The molecule has 68 valence electrons. The van der Waals surface area contributed by atoms with Crippen LogP contribution >= 0.6 is 0 Å². The summed E-state index contributed by atoms with van der Waals surface area (Å²) in [5.74, 6) is 0.593. The van der Waals surface area contributed by atoms with Crippen LogP contribution in [0, 0.1) is 0 Å². The lowest BCUT2D eigenvalue weighted by Gasteiger charge is -1.97. The van der Waals surface area contributed by atoms with Crippen LogP contribution in [0.2, 0.25) is 0 Å². The number of nitrogens with zero attached hydrogens (tertiary/aromatic N) is 1. The van der Waals surface area contributed by atoms with Gasteiger partial charge in [-0.25, -0.2) is 4.99 Å². The van der Waals surface area contributed by atoms with Crippen molar-refractivity contribution in [3.05, 3.63) is 29.8 Å². The SMILES string of the molecule is COc1ccc(C=NC(C)=O)cc1. The van der Waals surface area contributed by atoms with Gasteiger partial charge in [0.1, 0.15) is 5.75 Å². The highest BCUT2D eigenvalue weighted by Gasteiger charge is 1.90. The van der Waals surface area contributed by atoms with E-state index in [1.165, 1.54) is 13.1 Å². The highest BCUT2D eigenvalue weighted by Crippen LogP contribution is 2.09. The van der Waals surface area contributed by atoms with Gasteiger partial charge in [0.25, 0.3) is 0 Å². The second-order valence-electron chi connectivity index (χ2n) is 2.55. The van der Waals surface area contributed by atoms with Gasteiger partial charge in [0.2, 0.25) is 5.91 Å². The molecule has 0 saturated heterocycles. The molecule has 3 nitrogen and oxygen atoms in total. The number of rotatable bonds is 2. The van der Waals surface area contributed by atoms with E-state index in [1.807, 2.05) is 24.3 Å². The summed E-state index contributed by atoms with van der Waals surface area (Å²) in [7, 11) is 1.61. The third kappa shape index (κ3) is 3.07. The number of ether oxygens (including phenoxy) is 1. The van der Waals surface area contributed by atoms with E-state index in [4.69, 9.17) is 4.74 Å². The molecule has 0 heterocycles. The molecule has 0 aliphatic heterocycles. The first kappa shape index (κ1) is 9.45. The van der Waals surface area contributed by atoms with Crippen LogP contribution in [-0.2, 0) is 4.79 Å². The third-order valence-electron chi connectivity index (χ3n) is 1.51. The first-order valence-corrected chi connectivity index (χ1v) is 3.91. The van der Waals surface area contributed by atoms with E-state index in [-0.39, 0.29) is 5.91 Å². The van der Waals surface area contributed by atoms with E-state index in [2.05, 4.69) is 4.99 Å². The van der Waals surface area contributed by atoms with Crippen LogP contribution in [0.25, 0.3) is 0 Å². The number of amides is 1. The standard InChI is InChI=1S/C10H11NO2/c1-8(12)11-7-9-3-5-10(13-2)6-4-9/h3-7H,1-2H3. The van der Waals surface area contributed by atoms with Crippen molar-refractivity contribution in [2.45, 2.75) is 6.92 Å². The molecule has 0 N–H and O–H groups in total. The fourth-order valence-electron chi connectivity index (χ4n) is 0.855. The molecule has 0 radical (unpaired) electrons.